The van der Waals surface area contributed by atoms with Crippen LogP contribution in [-0.2, 0) is 5.60 Å². The highest BCUT2D eigenvalue weighted by atomic mass is 19.1. The third kappa shape index (κ3) is 5.26. The molecular weight excluding hydrogens is 245 g/mol. The van der Waals surface area contributed by atoms with Crippen LogP contribution in [0.3, 0.4) is 0 Å². The first-order chi connectivity index (χ1) is 8.60. The monoisotopic (exact) mass is 267 g/mol. The molecule has 106 valence electrons. The van der Waals surface area contributed by atoms with Gasteiger partial charge < -0.3 is 16.2 Å². The van der Waals surface area contributed by atoms with Crippen LogP contribution >= 0.6 is 0 Å². The van der Waals surface area contributed by atoms with Crippen LogP contribution in [0.25, 0.3) is 0 Å². The number of halogens is 1. The number of benzene rings is 1. The molecule has 1 atom stereocenters. The number of nitrogens with zero attached hydrogens (tertiary/aromatic N) is 1. The van der Waals surface area contributed by atoms with Gasteiger partial charge in [-0.3, -0.25) is 4.99 Å². The molecule has 0 radical (unpaired) electrons. The third-order valence-corrected chi connectivity index (χ3v) is 2.53. The molecule has 0 aliphatic rings. The average Bonchev–Trinajstić information content (AvgIpc) is 2.25. The molecule has 0 aliphatic heterocycles. The third-order valence-electron chi connectivity index (χ3n) is 2.53. The van der Waals surface area contributed by atoms with Gasteiger partial charge in [0.1, 0.15) is 11.4 Å². The van der Waals surface area contributed by atoms with Gasteiger partial charge in [-0.1, -0.05) is 12.1 Å². The lowest BCUT2D eigenvalue weighted by Gasteiger charge is -2.24. The van der Waals surface area contributed by atoms with Crippen molar-refractivity contribution in [2.75, 3.05) is 6.54 Å². The molecule has 1 aromatic rings. The van der Waals surface area contributed by atoms with Gasteiger partial charge in [0, 0.05) is 5.54 Å². The van der Waals surface area contributed by atoms with Crippen LogP contribution in [0.1, 0.15) is 33.3 Å². The van der Waals surface area contributed by atoms with Gasteiger partial charge in [0.05, 0.1) is 6.54 Å². The molecule has 0 amide bonds. The van der Waals surface area contributed by atoms with Gasteiger partial charge in [-0.25, -0.2) is 4.39 Å². The summed E-state index contributed by atoms with van der Waals surface area (Å²) in [6, 6.07) is 5.70. The Kier molecular flexibility index (Phi) is 4.52. The zero-order valence-electron chi connectivity index (χ0n) is 11.9. The SMILES string of the molecule is CC(C)(C)NC(N)=NCC(C)(O)c1ccc(F)cc1. The fourth-order valence-corrected chi connectivity index (χ4v) is 1.56. The molecule has 1 rings (SSSR count). The van der Waals surface area contributed by atoms with E-state index in [1.54, 1.807) is 6.92 Å². The first kappa shape index (κ1) is 15.4. The summed E-state index contributed by atoms with van der Waals surface area (Å²) in [6.45, 7) is 7.62. The number of nitrogens with two attached hydrogens (primary N) is 1. The molecule has 0 saturated carbocycles. The summed E-state index contributed by atoms with van der Waals surface area (Å²) in [6.07, 6.45) is 0. The van der Waals surface area contributed by atoms with Gasteiger partial charge in [0.2, 0.25) is 0 Å². The molecule has 0 saturated heterocycles. The smallest absolute Gasteiger partial charge is 0.189 e. The van der Waals surface area contributed by atoms with Crippen molar-refractivity contribution < 1.29 is 9.50 Å². The minimum atomic E-state index is -1.18. The van der Waals surface area contributed by atoms with Crippen molar-refractivity contribution >= 4 is 5.96 Å². The number of aliphatic imine (C=N–C) groups is 1. The van der Waals surface area contributed by atoms with Gasteiger partial charge in [-0.15, -0.1) is 0 Å². The van der Waals surface area contributed by atoms with Crippen LogP contribution in [0.2, 0.25) is 0 Å². The van der Waals surface area contributed by atoms with Crippen molar-refractivity contribution in [1.82, 2.24) is 5.32 Å². The summed E-state index contributed by atoms with van der Waals surface area (Å²) in [4.78, 5) is 4.12. The summed E-state index contributed by atoms with van der Waals surface area (Å²) >= 11 is 0. The summed E-state index contributed by atoms with van der Waals surface area (Å²) in [7, 11) is 0. The highest BCUT2D eigenvalue weighted by Crippen LogP contribution is 2.21. The highest BCUT2D eigenvalue weighted by molar-refractivity contribution is 5.78. The lowest BCUT2D eigenvalue weighted by atomic mass is 9.96. The predicted octanol–water partition coefficient (Wildman–Crippen LogP) is 1.74. The largest absolute Gasteiger partial charge is 0.384 e. The number of rotatable bonds is 3. The molecule has 0 spiro atoms. The van der Waals surface area contributed by atoms with Crippen LogP contribution < -0.4 is 11.1 Å². The zero-order valence-corrected chi connectivity index (χ0v) is 11.9. The Bertz CT molecular complexity index is 447. The van der Waals surface area contributed by atoms with E-state index in [0.29, 0.717) is 5.56 Å². The summed E-state index contributed by atoms with van der Waals surface area (Å²) in [5, 5.41) is 13.3. The molecule has 1 aromatic carbocycles. The maximum Gasteiger partial charge on any atom is 0.189 e. The number of hydrogen-bond acceptors (Lipinski definition) is 2. The maximum absolute atomic E-state index is 12.8. The van der Waals surface area contributed by atoms with Crippen LogP contribution in [0, 0.1) is 5.82 Å². The van der Waals surface area contributed by atoms with Crippen molar-refractivity contribution in [3.05, 3.63) is 35.6 Å². The van der Waals surface area contributed by atoms with Crippen molar-refractivity contribution in [2.24, 2.45) is 10.7 Å². The fourth-order valence-electron chi connectivity index (χ4n) is 1.56. The molecule has 0 bridgehead atoms. The van der Waals surface area contributed by atoms with E-state index < -0.39 is 5.60 Å². The molecule has 19 heavy (non-hydrogen) atoms. The first-order valence-corrected chi connectivity index (χ1v) is 6.17. The summed E-state index contributed by atoms with van der Waals surface area (Å²) < 4.78 is 12.8. The second-order valence-electron chi connectivity index (χ2n) is 5.86. The Morgan fingerprint density at radius 3 is 2.26 bits per heavy atom. The lowest BCUT2D eigenvalue weighted by molar-refractivity contribution is 0.0672. The van der Waals surface area contributed by atoms with E-state index in [1.807, 2.05) is 20.8 Å². The minimum absolute atomic E-state index is 0.105. The van der Waals surface area contributed by atoms with Crippen LogP contribution in [0.5, 0.6) is 0 Å². The second-order valence-corrected chi connectivity index (χ2v) is 5.86. The summed E-state index contributed by atoms with van der Waals surface area (Å²) in [5.41, 5.74) is 4.97. The van der Waals surface area contributed by atoms with Crippen molar-refractivity contribution in [3.63, 3.8) is 0 Å². The Labute approximate surface area is 113 Å². The lowest BCUT2D eigenvalue weighted by Crippen LogP contribution is -2.45. The standard InChI is InChI=1S/C14H22FN3O/c1-13(2,3)18-12(16)17-9-14(4,19)10-5-7-11(15)8-6-10/h5-8,19H,9H2,1-4H3,(H3,16,17,18). The minimum Gasteiger partial charge on any atom is -0.384 e. The van der Waals surface area contributed by atoms with E-state index in [4.69, 9.17) is 5.73 Å². The number of hydrogen-bond donors (Lipinski definition) is 3. The van der Waals surface area contributed by atoms with E-state index >= 15 is 0 Å². The van der Waals surface area contributed by atoms with Crippen LogP contribution in [-0.4, -0.2) is 23.1 Å². The molecule has 0 heterocycles. The zero-order chi connectivity index (χ0) is 14.7. The van der Waals surface area contributed by atoms with Gasteiger partial charge in [0.15, 0.2) is 5.96 Å². The van der Waals surface area contributed by atoms with E-state index in [9.17, 15) is 9.50 Å². The molecule has 0 aromatic heterocycles. The molecule has 4 nitrogen and oxygen atoms in total. The number of aliphatic hydroxyl groups is 1. The average molecular weight is 267 g/mol. The van der Waals surface area contributed by atoms with Gasteiger partial charge in [-0.05, 0) is 45.4 Å². The van der Waals surface area contributed by atoms with E-state index in [1.165, 1.54) is 24.3 Å². The molecule has 5 heteroatoms. The Morgan fingerprint density at radius 1 is 1.26 bits per heavy atom. The Balaban J connectivity index is 2.74. The second kappa shape index (κ2) is 5.57. The molecule has 0 aliphatic carbocycles. The van der Waals surface area contributed by atoms with Crippen LogP contribution in [0.4, 0.5) is 4.39 Å². The predicted molar refractivity (Wildman–Crippen MR) is 75.3 cm³/mol. The normalized spacial score (nSPS) is 16.0. The Hall–Kier alpha value is -1.62. The quantitative estimate of drug-likeness (QED) is 0.577. The first-order valence-electron chi connectivity index (χ1n) is 6.17. The van der Waals surface area contributed by atoms with Crippen molar-refractivity contribution in [3.8, 4) is 0 Å². The van der Waals surface area contributed by atoms with Crippen molar-refractivity contribution in [2.45, 2.75) is 38.8 Å². The summed E-state index contributed by atoms with van der Waals surface area (Å²) in [5.74, 6) is -0.0631. The van der Waals surface area contributed by atoms with E-state index in [0.717, 1.165) is 0 Å². The fraction of sp³-hybridized carbons (Fsp3) is 0.500. The number of guanidine groups is 1. The van der Waals surface area contributed by atoms with E-state index in [-0.39, 0.29) is 23.9 Å². The molecule has 4 N–H and O–H groups in total. The van der Waals surface area contributed by atoms with Gasteiger partial charge in [0.25, 0.3) is 0 Å². The molecule has 0 fully saturated rings. The van der Waals surface area contributed by atoms with Crippen LogP contribution in [0.15, 0.2) is 29.3 Å². The highest BCUT2D eigenvalue weighted by Gasteiger charge is 2.23. The van der Waals surface area contributed by atoms with Gasteiger partial charge in [-0.2, -0.15) is 0 Å². The van der Waals surface area contributed by atoms with Gasteiger partial charge >= 0.3 is 0 Å². The topological polar surface area (TPSA) is 70.6 Å². The molecular formula is C14H22FN3O. The van der Waals surface area contributed by atoms with E-state index in [2.05, 4.69) is 10.3 Å². The maximum atomic E-state index is 12.8. The number of nitrogens with one attached hydrogen (secondary N) is 1. The molecule has 1 unspecified atom stereocenters. The van der Waals surface area contributed by atoms with Crippen molar-refractivity contribution in [1.29, 1.82) is 0 Å². The Morgan fingerprint density at radius 2 is 1.79 bits per heavy atom.